The minimum Gasteiger partial charge on any atom is -0.394 e. The molecule has 0 amide bonds. The van der Waals surface area contributed by atoms with Crippen LogP contribution in [0.1, 0.15) is 98.8 Å². The van der Waals surface area contributed by atoms with E-state index in [0.717, 1.165) is 31.2 Å². The molecule has 0 radical (unpaired) electrons. The van der Waals surface area contributed by atoms with E-state index in [4.69, 9.17) is 8.85 Å². The lowest BCUT2D eigenvalue weighted by Crippen LogP contribution is -2.41. The van der Waals surface area contributed by atoms with Crippen LogP contribution in [0.2, 0.25) is 12.1 Å². The topological polar surface area (TPSA) is 18.5 Å². The number of rotatable bonds is 17. The van der Waals surface area contributed by atoms with Gasteiger partial charge in [-0.2, -0.15) is 0 Å². The van der Waals surface area contributed by atoms with Crippen molar-refractivity contribution in [3.8, 4) is 0 Å². The van der Waals surface area contributed by atoms with Gasteiger partial charge in [-0.1, -0.05) is 86.0 Å². The van der Waals surface area contributed by atoms with Crippen molar-refractivity contribution in [2.24, 2.45) is 5.92 Å². The van der Waals surface area contributed by atoms with E-state index in [0.29, 0.717) is 0 Å². The lowest BCUT2D eigenvalue weighted by molar-refractivity contribution is 0.157. The van der Waals surface area contributed by atoms with Crippen LogP contribution in [-0.4, -0.2) is 21.8 Å². The van der Waals surface area contributed by atoms with E-state index in [1.807, 2.05) is 0 Å². The Morgan fingerprint density at radius 2 is 1.22 bits per heavy atom. The SMILES string of the molecule is CCCCCCCCCCO[Si](CC)(CC)OCCC(C)CC. The monoisotopic (exact) mass is 344 g/mol. The molecule has 0 aromatic heterocycles. The van der Waals surface area contributed by atoms with E-state index in [-0.39, 0.29) is 0 Å². The van der Waals surface area contributed by atoms with E-state index >= 15 is 0 Å². The van der Waals surface area contributed by atoms with Crippen LogP contribution in [0.5, 0.6) is 0 Å². The Bertz CT molecular complexity index is 242. The van der Waals surface area contributed by atoms with Gasteiger partial charge in [-0.15, -0.1) is 0 Å². The molecule has 0 aliphatic rings. The molecule has 2 nitrogen and oxygen atoms in total. The molecule has 3 heteroatoms. The first kappa shape index (κ1) is 23.1. The van der Waals surface area contributed by atoms with Gasteiger partial charge in [0.05, 0.1) is 0 Å². The molecule has 1 atom stereocenters. The Balaban J connectivity index is 3.77. The molecule has 0 saturated heterocycles. The molecule has 0 saturated carbocycles. The molecule has 0 aliphatic carbocycles. The predicted octanol–water partition coefficient (Wildman–Crippen LogP) is 7.08. The lowest BCUT2D eigenvalue weighted by atomic mass is 10.1. The molecule has 0 aromatic carbocycles. The Morgan fingerprint density at radius 3 is 1.74 bits per heavy atom. The summed E-state index contributed by atoms with van der Waals surface area (Å²) in [6.07, 6.45) is 13.3. The highest BCUT2D eigenvalue weighted by molar-refractivity contribution is 6.67. The summed E-state index contributed by atoms with van der Waals surface area (Å²) in [5.74, 6) is 0.767. The van der Waals surface area contributed by atoms with Crippen molar-refractivity contribution in [2.75, 3.05) is 13.2 Å². The first-order chi connectivity index (χ1) is 11.1. The maximum atomic E-state index is 6.31. The fourth-order valence-electron chi connectivity index (χ4n) is 2.84. The third kappa shape index (κ3) is 12.2. The molecule has 140 valence electrons. The summed E-state index contributed by atoms with van der Waals surface area (Å²) in [5, 5.41) is 0. The van der Waals surface area contributed by atoms with Crippen LogP contribution in [0.4, 0.5) is 0 Å². The molecular weight excluding hydrogens is 300 g/mol. The quantitative estimate of drug-likeness (QED) is 0.207. The Labute approximate surface area is 148 Å². The summed E-state index contributed by atoms with van der Waals surface area (Å²) >= 11 is 0. The van der Waals surface area contributed by atoms with Crippen LogP contribution < -0.4 is 0 Å². The maximum Gasteiger partial charge on any atom is 0.337 e. The molecule has 1 unspecified atom stereocenters. The molecule has 0 spiro atoms. The first-order valence-electron chi connectivity index (χ1n) is 10.4. The Hall–Kier alpha value is 0.137. The molecular formula is C20H44O2Si. The van der Waals surface area contributed by atoms with Crippen LogP contribution >= 0.6 is 0 Å². The third-order valence-electron chi connectivity index (χ3n) is 5.11. The zero-order valence-corrected chi connectivity index (χ0v) is 17.8. The second-order valence-electron chi connectivity index (χ2n) is 7.09. The van der Waals surface area contributed by atoms with Crippen molar-refractivity contribution in [1.82, 2.24) is 0 Å². The summed E-state index contributed by atoms with van der Waals surface area (Å²) in [5.41, 5.74) is 0. The predicted molar refractivity (Wildman–Crippen MR) is 105 cm³/mol. The average molecular weight is 345 g/mol. The first-order valence-corrected chi connectivity index (χ1v) is 12.6. The van der Waals surface area contributed by atoms with E-state index in [1.54, 1.807) is 0 Å². The van der Waals surface area contributed by atoms with Gasteiger partial charge in [0, 0.05) is 13.2 Å². The summed E-state index contributed by atoms with van der Waals surface area (Å²) in [4.78, 5) is 0. The summed E-state index contributed by atoms with van der Waals surface area (Å²) < 4.78 is 12.6. The largest absolute Gasteiger partial charge is 0.394 e. The van der Waals surface area contributed by atoms with E-state index in [9.17, 15) is 0 Å². The molecule has 0 aliphatic heterocycles. The van der Waals surface area contributed by atoms with Gasteiger partial charge in [0.2, 0.25) is 0 Å². The highest BCUT2D eigenvalue weighted by atomic mass is 28.4. The van der Waals surface area contributed by atoms with Crippen molar-refractivity contribution in [2.45, 2.75) is 111 Å². The second kappa shape index (κ2) is 15.7. The fraction of sp³-hybridized carbons (Fsp3) is 1.00. The van der Waals surface area contributed by atoms with Gasteiger partial charge < -0.3 is 8.85 Å². The van der Waals surface area contributed by atoms with Crippen LogP contribution in [0.3, 0.4) is 0 Å². The minimum atomic E-state index is -1.91. The smallest absolute Gasteiger partial charge is 0.337 e. The molecule has 0 heterocycles. The maximum absolute atomic E-state index is 6.31. The molecule has 0 bridgehead atoms. The minimum absolute atomic E-state index is 0.767. The van der Waals surface area contributed by atoms with Gasteiger partial charge in [-0.25, -0.2) is 0 Å². The zero-order chi connectivity index (χ0) is 17.4. The number of unbranched alkanes of at least 4 members (excludes halogenated alkanes) is 7. The highest BCUT2D eigenvalue weighted by Crippen LogP contribution is 2.21. The van der Waals surface area contributed by atoms with Crippen molar-refractivity contribution >= 4 is 8.56 Å². The highest BCUT2D eigenvalue weighted by Gasteiger charge is 2.33. The molecule has 0 N–H and O–H groups in total. The third-order valence-corrected chi connectivity index (χ3v) is 8.73. The molecule has 0 rings (SSSR count). The summed E-state index contributed by atoms with van der Waals surface area (Å²) in [7, 11) is -1.91. The van der Waals surface area contributed by atoms with Gasteiger partial charge in [-0.05, 0) is 30.8 Å². The Kier molecular flexibility index (Phi) is 15.7. The van der Waals surface area contributed by atoms with Crippen LogP contribution in [0.15, 0.2) is 0 Å². The van der Waals surface area contributed by atoms with Crippen molar-refractivity contribution < 1.29 is 8.85 Å². The Morgan fingerprint density at radius 1 is 0.696 bits per heavy atom. The van der Waals surface area contributed by atoms with Gasteiger partial charge in [0.25, 0.3) is 0 Å². The number of hydrogen-bond donors (Lipinski definition) is 0. The lowest BCUT2D eigenvalue weighted by Gasteiger charge is -2.29. The second-order valence-corrected chi connectivity index (χ2v) is 10.9. The van der Waals surface area contributed by atoms with E-state index < -0.39 is 8.56 Å². The van der Waals surface area contributed by atoms with Crippen molar-refractivity contribution in [1.29, 1.82) is 0 Å². The van der Waals surface area contributed by atoms with Gasteiger partial charge in [0.1, 0.15) is 0 Å². The van der Waals surface area contributed by atoms with Gasteiger partial charge in [0.15, 0.2) is 0 Å². The standard InChI is InChI=1S/C20H44O2Si/c1-6-10-11-12-13-14-15-16-18-21-23(8-3,9-4)22-19-17-20(5)7-2/h20H,6-19H2,1-5H3. The fourth-order valence-corrected chi connectivity index (χ4v) is 5.25. The summed E-state index contributed by atoms with van der Waals surface area (Å²) in [6, 6.07) is 2.17. The van der Waals surface area contributed by atoms with E-state index in [2.05, 4.69) is 34.6 Å². The van der Waals surface area contributed by atoms with Gasteiger partial charge in [-0.3, -0.25) is 0 Å². The van der Waals surface area contributed by atoms with Crippen molar-refractivity contribution in [3.05, 3.63) is 0 Å². The normalized spacial score (nSPS) is 13.4. The zero-order valence-electron chi connectivity index (χ0n) is 16.8. The van der Waals surface area contributed by atoms with Crippen LogP contribution in [0, 0.1) is 5.92 Å². The van der Waals surface area contributed by atoms with Crippen molar-refractivity contribution in [3.63, 3.8) is 0 Å². The van der Waals surface area contributed by atoms with Crippen LogP contribution in [0.25, 0.3) is 0 Å². The average Bonchev–Trinajstić information content (AvgIpc) is 2.58. The molecule has 0 aromatic rings. The molecule has 0 fully saturated rings. The molecule has 23 heavy (non-hydrogen) atoms. The summed E-state index contributed by atoms with van der Waals surface area (Å²) in [6.45, 7) is 13.1. The van der Waals surface area contributed by atoms with Gasteiger partial charge >= 0.3 is 8.56 Å². The van der Waals surface area contributed by atoms with E-state index in [1.165, 1.54) is 64.2 Å². The van der Waals surface area contributed by atoms with Crippen LogP contribution in [-0.2, 0) is 8.85 Å². The number of hydrogen-bond acceptors (Lipinski definition) is 2.